The maximum atomic E-state index is 12.1. The van der Waals surface area contributed by atoms with Gasteiger partial charge in [-0.2, -0.15) is 0 Å². The first-order valence-electron chi connectivity index (χ1n) is 7.50. The molecule has 1 heterocycles. The van der Waals surface area contributed by atoms with Gasteiger partial charge in [-0.15, -0.1) is 0 Å². The Bertz CT molecular complexity index is 342. The molecule has 0 bridgehead atoms. The molecule has 2 N–H and O–H groups in total. The van der Waals surface area contributed by atoms with Crippen LogP contribution in [0.4, 0.5) is 0 Å². The molecule has 0 radical (unpaired) electrons. The van der Waals surface area contributed by atoms with Gasteiger partial charge in [0.25, 0.3) is 0 Å². The van der Waals surface area contributed by atoms with Crippen molar-refractivity contribution in [2.45, 2.75) is 6.42 Å². The van der Waals surface area contributed by atoms with Crippen LogP contribution < -0.4 is 5.73 Å². The smallest absolute Gasteiger partial charge is 0.236 e. The Morgan fingerprint density at radius 3 is 2.19 bits per heavy atom. The lowest BCUT2D eigenvalue weighted by molar-refractivity contribution is -0.131. The summed E-state index contributed by atoms with van der Waals surface area (Å²) in [5.74, 6) is 0.146. The highest BCUT2D eigenvalue weighted by molar-refractivity contribution is 7.80. The predicted octanol–water partition coefficient (Wildman–Crippen LogP) is -0.700. The van der Waals surface area contributed by atoms with E-state index in [1.54, 1.807) is 4.90 Å². The van der Waals surface area contributed by atoms with E-state index < -0.39 is 0 Å². The molecule has 0 spiro atoms. The van der Waals surface area contributed by atoms with Gasteiger partial charge in [-0.05, 0) is 14.1 Å². The Balaban J connectivity index is 2.22. The van der Waals surface area contributed by atoms with E-state index in [0.717, 1.165) is 39.3 Å². The molecule has 1 amide bonds. The van der Waals surface area contributed by atoms with Crippen molar-refractivity contribution in [3.05, 3.63) is 0 Å². The third kappa shape index (κ3) is 7.71. The van der Waals surface area contributed by atoms with Crippen molar-refractivity contribution in [2.75, 3.05) is 73.5 Å². The lowest BCUT2D eigenvalue weighted by Gasteiger charge is -2.35. The molecule has 1 aliphatic rings. The van der Waals surface area contributed by atoms with Crippen molar-refractivity contribution in [1.29, 1.82) is 0 Å². The first-order valence-corrected chi connectivity index (χ1v) is 7.91. The van der Waals surface area contributed by atoms with Crippen LogP contribution in [0.25, 0.3) is 0 Å². The van der Waals surface area contributed by atoms with Gasteiger partial charge in [0.1, 0.15) is 0 Å². The molecular formula is C14H29N5OS. The number of thiocarbonyl (C=S) groups is 1. The number of carbonyl (C=O) groups is 1. The van der Waals surface area contributed by atoms with E-state index in [-0.39, 0.29) is 5.91 Å². The number of hydrogen-bond donors (Lipinski definition) is 1. The van der Waals surface area contributed by atoms with Crippen LogP contribution in [-0.2, 0) is 4.79 Å². The summed E-state index contributed by atoms with van der Waals surface area (Å²) >= 11 is 4.84. The minimum Gasteiger partial charge on any atom is -0.393 e. The van der Waals surface area contributed by atoms with Gasteiger partial charge in [0.05, 0.1) is 11.5 Å². The number of rotatable bonds is 8. The summed E-state index contributed by atoms with van der Waals surface area (Å²) in [4.78, 5) is 21.2. The van der Waals surface area contributed by atoms with Gasteiger partial charge >= 0.3 is 0 Å². The predicted molar refractivity (Wildman–Crippen MR) is 90.5 cm³/mol. The largest absolute Gasteiger partial charge is 0.393 e. The molecule has 0 aliphatic carbocycles. The van der Waals surface area contributed by atoms with E-state index in [4.69, 9.17) is 18.0 Å². The highest BCUT2D eigenvalue weighted by Crippen LogP contribution is 2.02. The molecular weight excluding hydrogens is 286 g/mol. The molecule has 1 fully saturated rings. The van der Waals surface area contributed by atoms with Crippen molar-refractivity contribution in [1.82, 2.24) is 19.6 Å². The lowest BCUT2D eigenvalue weighted by Crippen LogP contribution is -2.50. The van der Waals surface area contributed by atoms with Crippen LogP contribution in [0.5, 0.6) is 0 Å². The normalized spacial score (nSPS) is 17.1. The Morgan fingerprint density at radius 1 is 1.10 bits per heavy atom. The van der Waals surface area contributed by atoms with Crippen LogP contribution in [-0.4, -0.2) is 104 Å². The number of nitrogens with two attached hydrogens (primary N) is 1. The van der Waals surface area contributed by atoms with Gasteiger partial charge in [-0.25, -0.2) is 0 Å². The van der Waals surface area contributed by atoms with E-state index in [0.29, 0.717) is 24.5 Å². The van der Waals surface area contributed by atoms with Gasteiger partial charge in [0, 0.05) is 59.3 Å². The van der Waals surface area contributed by atoms with Crippen LogP contribution in [0, 0.1) is 0 Å². The molecule has 0 aromatic heterocycles. The summed E-state index contributed by atoms with van der Waals surface area (Å²) in [7, 11) is 6.00. The van der Waals surface area contributed by atoms with Gasteiger partial charge in [-0.1, -0.05) is 12.2 Å². The zero-order chi connectivity index (χ0) is 15.8. The minimum atomic E-state index is 0.146. The third-order valence-corrected chi connectivity index (χ3v) is 4.01. The number of nitrogens with zero attached hydrogens (tertiary/aromatic N) is 4. The van der Waals surface area contributed by atoms with Gasteiger partial charge in [-0.3, -0.25) is 14.6 Å². The summed E-state index contributed by atoms with van der Waals surface area (Å²) in [5.41, 5.74) is 5.46. The molecule has 7 heteroatoms. The number of piperazine rings is 1. The molecule has 21 heavy (non-hydrogen) atoms. The Hall–Kier alpha value is -0.760. The first-order chi connectivity index (χ1) is 9.88. The Morgan fingerprint density at radius 2 is 1.67 bits per heavy atom. The van der Waals surface area contributed by atoms with Crippen molar-refractivity contribution in [3.63, 3.8) is 0 Å². The van der Waals surface area contributed by atoms with E-state index in [9.17, 15) is 4.79 Å². The van der Waals surface area contributed by atoms with Crippen molar-refractivity contribution in [2.24, 2.45) is 5.73 Å². The highest BCUT2D eigenvalue weighted by atomic mass is 32.1. The molecule has 0 atom stereocenters. The molecule has 0 saturated carbocycles. The average molecular weight is 315 g/mol. The van der Waals surface area contributed by atoms with E-state index >= 15 is 0 Å². The summed E-state index contributed by atoms with van der Waals surface area (Å²) < 4.78 is 0. The van der Waals surface area contributed by atoms with Crippen LogP contribution in [0.1, 0.15) is 6.42 Å². The van der Waals surface area contributed by atoms with Gasteiger partial charge < -0.3 is 15.5 Å². The Labute approximate surface area is 133 Å². The minimum absolute atomic E-state index is 0.146. The van der Waals surface area contributed by atoms with Crippen LogP contribution in [0.3, 0.4) is 0 Å². The molecule has 1 rings (SSSR count). The fourth-order valence-corrected chi connectivity index (χ4v) is 2.32. The van der Waals surface area contributed by atoms with Gasteiger partial charge in [0.2, 0.25) is 5.91 Å². The fraction of sp³-hybridized carbons (Fsp3) is 0.857. The second-order valence-electron chi connectivity index (χ2n) is 5.95. The maximum absolute atomic E-state index is 12.1. The summed E-state index contributed by atoms with van der Waals surface area (Å²) in [6.07, 6.45) is 0.593. The number of carbonyl (C=O) groups excluding carboxylic acids is 1. The Kier molecular flexibility index (Phi) is 8.10. The van der Waals surface area contributed by atoms with Crippen LogP contribution >= 0.6 is 12.2 Å². The molecule has 122 valence electrons. The van der Waals surface area contributed by atoms with E-state index in [1.807, 2.05) is 7.05 Å². The molecule has 0 aromatic carbocycles. The van der Waals surface area contributed by atoms with Crippen molar-refractivity contribution < 1.29 is 4.79 Å². The second kappa shape index (κ2) is 9.30. The van der Waals surface area contributed by atoms with E-state index in [1.165, 1.54) is 0 Å². The molecule has 1 saturated heterocycles. The molecule has 0 aromatic rings. The molecule has 1 aliphatic heterocycles. The fourth-order valence-electron chi connectivity index (χ4n) is 2.23. The summed E-state index contributed by atoms with van der Waals surface area (Å²) in [6, 6.07) is 0. The molecule has 0 unspecified atom stereocenters. The lowest BCUT2D eigenvalue weighted by atomic mass is 10.3. The zero-order valence-corrected chi connectivity index (χ0v) is 14.4. The average Bonchev–Trinajstić information content (AvgIpc) is 2.43. The quantitative estimate of drug-likeness (QED) is 0.598. The number of hydrogen-bond acceptors (Lipinski definition) is 5. The maximum Gasteiger partial charge on any atom is 0.236 e. The van der Waals surface area contributed by atoms with Crippen molar-refractivity contribution >= 4 is 23.1 Å². The monoisotopic (exact) mass is 315 g/mol. The SMILES string of the molecule is CN(C)CCN1CCN(CC(=O)N(C)CCC(N)=S)CC1. The number of likely N-dealkylation sites (N-methyl/N-ethyl adjacent to an activating group) is 2. The molecule has 6 nitrogen and oxygen atoms in total. The van der Waals surface area contributed by atoms with E-state index in [2.05, 4.69) is 28.8 Å². The summed E-state index contributed by atoms with van der Waals surface area (Å²) in [6.45, 7) is 7.29. The zero-order valence-electron chi connectivity index (χ0n) is 13.5. The highest BCUT2D eigenvalue weighted by Gasteiger charge is 2.20. The topological polar surface area (TPSA) is 56.0 Å². The van der Waals surface area contributed by atoms with Gasteiger partial charge in [0.15, 0.2) is 0 Å². The first kappa shape index (κ1) is 18.3. The van der Waals surface area contributed by atoms with Crippen LogP contribution in [0.2, 0.25) is 0 Å². The standard InChI is InChI=1S/C14H29N5OS/c1-16(2)6-7-18-8-10-19(11-9-18)12-14(20)17(3)5-4-13(15)21/h4-12H2,1-3H3,(H2,15,21). The summed E-state index contributed by atoms with van der Waals surface area (Å²) in [5, 5.41) is 0. The van der Waals surface area contributed by atoms with Crippen LogP contribution in [0.15, 0.2) is 0 Å². The number of amides is 1. The van der Waals surface area contributed by atoms with Crippen molar-refractivity contribution in [3.8, 4) is 0 Å². The second-order valence-corrected chi connectivity index (χ2v) is 6.48. The third-order valence-electron chi connectivity index (χ3n) is 3.81.